The van der Waals surface area contributed by atoms with Crippen molar-refractivity contribution in [2.75, 3.05) is 7.11 Å². The maximum atomic E-state index is 11.8. The van der Waals surface area contributed by atoms with E-state index in [1.807, 2.05) is 19.9 Å². The molecule has 19 heavy (non-hydrogen) atoms. The van der Waals surface area contributed by atoms with Crippen LogP contribution in [0.1, 0.15) is 35.6 Å². The number of methoxy groups -OCH3 is 1. The summed E-state index contributed by atoms with van der Waals surface area (Å²) in [6, 6.07) is 5.45. The number of nitrogens with zero attached hydrogens (tertiary/aromatic N) is 3. The van der Waals surface area contributed by atoms with Crippen molar-refractivity contribution < 1.29 is 9.53 Å². The van der Waals surface area contributed by atoms with Crippen LogP contribution in [0.15, 0.2) is 24.4 Å². The Hall–Kier alpha value is -2.17. The van der Waals surface area contributed by atoms with Crippen LogP contribution in [0.2, 0.25) is 0 Å². The van der Waals surface area contributed by atoms with Crippen molar-refractivity contribution in [3.05, 3.63) is 41.3 Å². The van der Waals surface area contributed by atoms with Crippen molar-refractivity contribution in [3.63, 3.8) is 0 Å². The van der Waals surface area contributed by atoms with Gasteiger partial charge in [-0.3, -0.25) is 0 Å². The molecule has 0 saturated carbocycles. The average Bonchev–Trinajstić information content (AvgIpc) is 2.89. The number of esters is 1. The second-order valence-corrected chi connectivity index (χ2v) is 4.11. The minimum absolute atomic E-state index is 0.404. The monoisotopic (exact) mass is 259 g/mol. The third-order valence-electron chi connectivity index (χ3n) is 2.95. The summed E-state index contributed by atoms with van der Waals surface area (Å²) in [7, 11) is 1.36. The van der Waals surface area contributed by atoms with Crippen molar-refractivity contribution in [1.82, 2.24) is 14.8 Å². The van der Waals surface area contributed by atoms with Crippen LogP contribution >= 0.6 is 0 Å². The second kappa shape index (κ2) is 5.65. The molecule has 0 unspecified atom stereocenters. The van der Waals surface area contributed by atoms with Crippen molar-refractivity contribution >= 4 is 5.97 Å². The molecule has 5 heteroatoms. The molecule has 0 bridgehead atoms. The summed E-state index contributed by atoms with van der Waals surface area (Å²) in [6.45, 7) is 4.10. The van der Waals surface area contributed by atoms with E-state index in [0.29, 0.717) is 11.4 Å². The van der Waals surface area contributed by atoms with Crippen LogP contribution in [-0.2, 0) is 17.6 Å². The molecule has 2 heterocycles. The van der Waals surface area contributed by atoms with E-state index in [1.165, 1.54) is 7.11 Å². The molecule has 2 aromatic rings. The number of ether oxygens (including phenoxy) is 1. The maximum absolute atomic E-state index is 11.8. The average molecular weight is 259 g/mol. The first-order valence-corrected chi connectivity index (χ1v) is 6.32. The van der Waals surface area contributed by atoms with E-state index >= 15 is 0 Å². The van der Waals surface area contributed by atoms with E-state index in [0.717, 1.165) is 24.2 Å². The van der Waals surface area contributed by atoms with Gasteiger partial charge in [0, 0.05) is 11.9 Å². The van der Waals surface area contributed by atoms with E-state index in [9.17, 15) is 4.79 Å². The van der Waals surface area contributed by atoms with Gasteiger partial charge in [-0.15, -0.1) is 0 Å². The van der Waals surface area contributed by atoms with E-state index in [-0.39, 0.29) is 0 Å². The highest BCUT2D eigenvalue weighted by Gasteiger charge is 2.17. The number of carbonyl (C=O) groups is 1. The van der Waals surface area contributed by atoms with E-state index in [4.69, 9.17) is 4.74 Å². The fourth-order valence-electron chi connectivity index (χ4n) is 1.92. The molecule has 0 atom stereocenters. The van der Waals surface area contributed by atoms with Gasteiger partial charge in [0.05, 0.1) is 12.8 Å². The summed E-state index contributed by atoms with van der Waals surface area (Å²) in [5.41, 5.74) is 2.43. The highest BCUT2D eigenvalue weighted by molar-refractivity contribution is 5.92. The van der Waals surface area contributed by atoms with Crippen LogP contribution in [0.5, 0.6) is 0 Å². The Labute approximate surface area is 112 Å². The lowest BCUT2D eigenvalue weighted by Crippen LogP contribution is -2.12. The summed E-state index contributed by atoms with van der Waals surface area (Å²) in [5.74, 6) is 0.115. The molecular weight excluding hydrogens is 242 g/mol. The molecule has 5 nitrogen and oxygen atoms in total. The number of rotatable bonds is 4. The quantitative estimate of drug-likeness (QED) is 0.790. The summed E-state index contributed by atoms with van der Waals surface area (Å²) < 4.78 is 6.51. The van der Waals surface area contributed by atoms with Crippen molar-refractivity contribution in [1.29, 1.82) is 0 Å². The molecule has 2 aromatic heterocycles. The van der Waals surface area contributed by atoms with Gasteiger partial charge in [0.25, 0.3) is 0 Å². The first-order valence-electron chi connectivity index (χ1n) is 6.32. The summed E-state index contributed by atoms with van der Waals surface area (Å²) in [6.07, 6.45) is 3.32. The van der Waals surface area contributed by atoms with E-state index in [2.05, 4.69) is 10.1 Å². The molecule has 0 radical (unpaired) electrons. The van der Waals surface area contributed by atoms with Crippen molar-refractivity contribution in [2.24, 2.45) is 0 Å². The topological polar surface area (TPSA) is 57.0 Å². The fraction of sp³-hybridized carbons (Fsp3) is 0.357. The Morgan fingerprint density at radius 3 is 2.79 bits per heavy atom. The molecule has 0 fully saturated rings. The number of pyridine rings is 1. The van der Waals surface area contributed by atoms with Gasteiger partial charge in [0.1, 0.15) is 5.56 Å². The lowest BCUT2D eigenvalue weighted by molar-refractivity contribution is 0.0600. The van der Waals surface area contributed by atoms with E-state index in [1.54, 1.807) is 23.0 Å². The van der Waals surface area contributed by atoms with Gasteiger partial charge >= 0.3 is 5.97 Å². The van der Waals surface area contributed by atoms with Crippen LogP contribution in [-0.4, -0.2) is 27.8 Å². The molecular formula is C14H17N3O2. The van der Waals surface area contributed by atoms with Gasteiger partial charge in [-0.2, -0.15) is 5.10 Å². The SMILES string of the molecule is CCc1cc(CC)n(-c2ncccc2C(=O)OC)n1. The fourth-order valence-corrected chi connectivity index (χ4v) is 1.92. The first-order chi connectivity index (χ1) is 9.21. The van der Waals surface area contributed by atoms with Crippen LogP contribution in [0.25, 0.3) is 5.82 Å². The summed E-state index contributed by atoms with van der Waals surface area (Å²) in [5, 5.41) is 4.49. The number of aryl methyl sites for hydroxylation is 2. The van der Waals surface area contributed by atoms with Gasteiger partial charge in [-0.25, -0.2) is 14.5 Å². The Morgan fingerprint density at radius 2 is 2.16 bits per heavy atom. The number of aromatic nitrogens is 3. The van der Waals surface area contributed by atoms with Crippen LogP contribution in [0.3, 0.4) is 0 Å². The van der Waals surface area contributed by atoms with Crippen LogP contribution < -0.4 is 0 Å². The summed E-state index contributed by atoms with van der Waals surface area (Å²) >= 11 is 0. The smallest absolute Gasteiger partial charge is 0.341 e. The predicted octanol–water partition coefficient (Wildman–Crippen LogP) is 2.18. The first kappa shape index (κ1) is 13.3. The Kier molecular flexibility index (Phi) is 3.94. The van der Waals surface area contributed by atoms with Crippen molar-refractivity contribution in [3.8, 4) is 5.82 Å². The van der Waals surface area contributed by atoms with Crippen LogP contribution in [0, 0.1) is 0 Å². The summed E-state index contributed by atoms with van der Waals surface area (Å²) in [4.78, 5) is 16.1. The Morgan fingerprint density at radius 1 is 1.37 bits per heavy atom. The maximum Gasteiger partial charge on any atom is 0.341 e. The largest absolute Gasteiger partial charge is 0.465 e. The van der Waals surface area contributed by atoms with Gasteiger partial charge in [0.15, 0.2) is 5.82 Å². The highest BCUT2D eigenvalue weighted by Crippen LogP contribution is 2.16. The highest BCUT2D eigenvalue weighted by atomic mass is 16.5. The van der Waals surface area contributed by atoms with Crippen molar-refractivity contribution in [2.45, 2.75) is 26.7 Å². The van der Waals surface area contributed by atoms with Gasteiger partial charge < -0.3 is 4.74 Å². The molecule has 0 saturated heterocycles. The third-order valence-corrected chi connectivity index (χ3v) is 2.95. The molecule has 0 spiro atoms. The molecule has 0 N–H and O–H groups in total. The van der Waals surface area contributed by atoms with Gasteiger partial charge in [0.2, 0.25) is 0 Å². The molecule has 0 amide bonds. The zero-order valence-corrected chi connectivity index (χ0v) is 11.4. The Bertz CT molecular complexity index is 590. The zero-order chi connectivity index (χ0) is 13.8. The lowest BCUT2D eigenvalue weighted by Gasteiger charge is -2.08. The Balaban J connectivity index is 2.58. The molecule has 0 aliphatic carbocycles. The lowest BCUT2D eigenvalue weighted by atomic mass is 10.2. The molecule has 0 aliphatic rings. The van der Waals surface area contributed by atoms with E-state index < -0.39 is 5.97 Å². The third kappa shape index (κ3) is 2.50. The number of carbonyl (C=O) groups excluding carboxylic acids is 1. The zero-order valence-electron chi connectivity index (χ0n) is 11.4. The van der Waals surface area contributed by atoms with Crippen LogP contribution in [0.4, 0.5) is 0 Å². The molecule has 100 valence electrons. The number of hydrogen-bond acceptors (Lipinski definition) is 4. The molecule has 2 rings (SSSR count). The molecule has 0 aliphatic heterocycles. The minimum atomic E-state index is -0.404. The standard InChI is InChI=1S/C14H17N3O2/c1-4-10-9-11(5-2)17(16-10)13-12(14(18)19-3)7-6-8-15-13/h6-9H,4-5H2,1-3H3. The second-order valence-electron chi connectivity index (χ2n) is 4.11. The molecule has 0 aromatic carbocycles. The van der Waals surface area contributed by atoms with Gasteiger partial charge in [-0.05, 0) is 31.0 Å². The normalized spacial score (nSPS) is 10.5. The number of hydrogen-bond donors (Lipinski definition) is 0. The minimum Gasteiger partial charge on any atom is -0.465 e. The van der Waals surface area contributed by atoms with Gasteiger partial charge in [-0.1, -0.05) is 13.8 Å². The predicted molar refractivity (Wildman–Crippen MR) is 71.5 cm³/mol.